The summed E-state index contributed by atoms with van der Waals surface area (Å²) >= 11 is 0. The summed E-state index contributed by atoms with van der Waals surface area (Å²) in [5, 5.41) is 0. The standard InChI is InChI=1S/C13H20/c1-3-11-4-5-12-6-10(2)7-13(8-11)9-12/h6,8,12-13H,3-5,7,9H2,1-2H3. The molecule has 13 heavy (non-hydrogen) atoms. The van der Waals surface area contributed by atoms with E-state index in [1.165, 1.54) is 32.1 Å². The lowest BCUT2D eigenvalue weighted by molar-refractivity contribution is 0.443. The van der Waals surface area contributed by atoms with Gasteiger partial charge in [0, 0.05) is 0 Å². The Balaban J connectivity index is 2.16. The fourth-order valence-corrected chi connectivity index (χ4v) is 2.83. The van der Waals surface area contributed by atoms with Gasteiger partial charge in [0.15, 0.2) is 0 Å². The minimum absolute atomic E-state index is 0.868. The molecule has 0 heteroatoms. The van der Waals surface area contributed by atoms with Crippen molar-refractivity contribution >= 4 is 0 Å². The van der Waals surface area contributed by atoms with Gasteiger partial charge in [0.1, 0.15) is 0 Å². The van der Waals surface area contributed by atoms with Crippen molar-refractivity contribution in [2.75, 3.05) is 0 Å². The van der Waals surface area contributed by atoms with Crippen LogP contribution in [0.15, 0.2) is 23.3 Å². The average Bonchev–Trinajstić information content (AvgIpc) is 2.24. The van der Waals surface area contributed by atoms with Gasteiger partial charge in [0.05, 0.1) is 0 Å². The smallest absolute Gasteiger partial charge is 0.0188 e. The van der Waals surface area contributed by atoms with Crippen LogP contribution in [0.3, 0.4) is 0 Å². The van der Waals surface area contributed by atoms with Crippen molar-refractivity contribution < 1.29 is 0 Å². The third-order valence-electron chi connectivity index (χ3n) is 3.47. The van der Waals surface area contributed by atoms with E-state index in [-0.39, 0.29) is 0 Å². The van der Waals surface area contributed by atoms with Crippen molar-refractivity contribution in [2.24, 2.45) is 11.8 Å². The second-order valence-electron chi connectivity index (χ2n) is 4.69. The predicted molar refractivity (Wildman–Crippen MR) is 57.6 cm³/mol. The number of rotatable bonds is 1. The van der Waals surface area contributed by atoms with Crippen molar-refractivity contribution in [2.45, 2.75) is 46.0 Å². The summed E-state index contributed by atoms with van der Waals surface area (Å²) in [5.74, 6) is 1.76. The second-order valence-corrected chi connectivity index (χ2v) is 4.69. The summed E-state index contributed by atoms with van der Waals surface area (Å²) < 4.78 is 0. The Morgan fingerprint density at radius 2 is 2.15 bits per heavy atom. The van der Waals surface area contributed by atoms with Crippen molar-refractivity contribution in [1.82, 2.24) is 0 Å². The maximum absolute atomic E-state index is 2.57. The van der Waals surface area contributed by atoms with E-state index in [2.05, 4.69) is 26.0 Å². The van der Waals surface area contributed by atoms with Crippen molar-refractivity contribution in [3.8, 4) is 0 Å². The first-order valence-corrected chi connectivity index (χ1v) is 5.64. The molecule has 2 rings (SSSR count). The number of fused-ring (bicyclic) bond motifs is 2. The molecule has 0 aliphatic heterocycles. The molecule has 0 saturated carbocycles. The first-order valence-electron chi connectivity index (χ1n) is 5.64. The molecule has 0 saturated heterocycles. The molecule has 0 spiro atoms. The molecule has 0 nitrogen and oxygen atoms in total. The van der Waals surface area contributed by atoms with Gasteiger partial charge in [0.2, 0.25) is 0 Å². The molecule has 0 amide bonds. The molecular weight excluding hydrogens is 156 g/mol. The van der Waals surface area contributed by atoms with E-state index in [1.807, 2.05) is 0 Å². The van der Waals surface area contributed by atoms with Gasteiger partial charge >= 0.3 is 0 Å². The maximum Gasteiger partial charge on any atom is -0.0188 e. The Kier molecular flexibility index (Phi) is 2.57. The quantitative estimate of drug-likeness (QED) is 0.528. The fraction of sp³-hybridized carbons (Fsp3) is 0.692. The molecule has 0 aromatic carbocycles. The Morgan fingerprint density at radius 1 is 1.31 bits per heavy atom. The zero-order valence-corrected chi connectivity index (χ0v) is 8.84. The lowest BCUT2D eigenvalue weighted by Gasteiger charge is -2.23. The molecule has 0 N–H and O–H groups in total. The van der Waals surface area contributed by atoms with Gasteiger partial charge in [-0.1, -0.05) is 30.2 Å². The van der Waals surface area contributed by atoms with E-state index < -0.39 is 0 Å². The van der Waals surface area contributed by atoms with Crippen LogP contribution in [-0.4, -0.2) is 0 Å². The van der Waals surface area contributed by atoms with Crippen LogP contribution in [0.5, 0.6) is 0 Å². The summed E-state index contributed by atoms with van der Waals surface area (Å²) in [7, 11) is 0. The largest absolute Gasteiger partial charge is 0.0824 e. The van der Waals surface area contributed by atoms with E-state index in [4.69, 9.17) is 0 Å². The third kappa shape index (κ3) is 2.04. The van der Waals surface area contributed by atoms with Crippen molar-refractivity contribution in [3.05, 3.63) is 23.3 Å². The second kappa shape index (κ2) is 3.69. The van der Waals surface area contributed by atoms with Gasteiger partial charge in [-0.2, -0.15) is 0 Å². The lowest BCUT2D eigenvalue weighted by Crippen LogP contribution is -2.09. The Morgan fingerprint density at radius 3 is 2.92 bits per heavy atom. The molecule has 2 aliphatic carbocycles. The van der Waals surface area contributed by atoms with Gasteiger partial charge in [0.25, 0.3) is 0 Å². The van der Waals surface area contributed by atoms with Gasteiger partial charge in [-0.15, -0.1) is 0 Å². The normalized spacial score (nSPS) is 33.4. The average molecular weight is 176 g/mol. The Labute approximate surface area is 81.7 Å². The summed E-state index contributed by atoms with van der Waals surface area (Å²) in [6.07, 6.45) is 11.8. The molecule has 2 bridgehead atoms. The SMILES string of the molecule is CCC1=CC2CC(C)=CC(CC1)C2. The minimum Gasteiger partial charge on any atom is -0.0824 e. The van der Waals surface area contributed by atoms with Crippen LogP contribution in [0.4, 0.5) is 0 Å². The van der Waals surface area contributed by atoms with Crippen LogP contribution >= 0.6 is 0 Å². The van der Waals surface area contributed by atoms with E-state index in [9.17, 15) is 0 Å². The highest BCUT2D eigenvalue weighted by Gasteiger charge is 2.22. The molecule has 0 aromatic rings. The summed E-state index contributed by atoms with van der Waals surface area (Å²) in [6.45, 7) is 4.59. The molecule has 0 fully saturated rings. The first-order chi connectivity index (χ1) is 6.28. The van der Waals surface area contributed by atoms with Crippen molar-refractivity contribution in [3.63, 3.8) is 0 Å². The molecular formula is C13H20. The number of hydrogen-bond donors (Lipinski definition) is 0. The summed E-state index contributed by atoms with van der Waals surface area (Å²) in [4.78, 5) is 0. The van der Waals surface area contributed by atoms with Gasteiger partial charge < -0.3 is 0 Å². The maximum atomic E-state index is 2.57. The fourth-order valence-electron chi connectivity index (χ4n) is 2.83. The third-order valence-corrected chi connectivity index (χ3v) is 3.47. The highest BCUT2D eigenvalue weighted by Crippen LogP contribution is 2.36. The van der Waals surface area contributed by atoms with E-state index in [0.717, 1.165) is 11.8 Å². The van der Waals surface area contributed by atoms with Crippen LogP contribution in [0.25, 0.3) is 0 Å². The van der Waals surface area contributed by atoms with E-state index in [0.29, 0.717) is 0 Å². The van der Waals surface area contributed by atoms with Crippen LogP contribution in [0, 0.1) is 11.8 Å². The molecule has 2 unspecified atom stereocenters. The topological polar surface area (TPSA) is 0 Å². The molecule has 72 valence electrons. The zero-order chi connectivity index (χ0) is 9.26. The number of hydrogen-bond acceptors (Lipinski definition) is 0. The predicted octanol–water partition coefficient (Wildman–Crippen LogP) is 4.09. The van der Waals surface area contributed by atoms with Crippen LogP contribution in [0.1, 0.15) is 46.0 Å². The molecule has 0 heterocycles. The minimum atomic E-state index is 0.868. The zero-order valence-electron chi connectivity index (χ0n) is 8.84. The summed E-state index contributed by atoms with van der Waals surface area (Å²) in [6, 6.07) is 0. The molecule has 0 radical (unpaired) electrons. The molecule has 2 atom stereocenters. The van der Waals surface area contributed by atoms with E-state index in [1.54, 1.807) is 11.1 Å². The lowest BCUT2D eigenvalue weighted by atomic mass is 9.83. The monoisotopic (exact) mass is 176 g/mol. The van der Waals surface area contributed by atoms with Crippen molar-refractivity contribution in [1.29, 1.82) is 0 Å². The van der Waals surface area contributed by atoms with Gasteiger partial charge in [-0.3, -0.25) is 0 Å². The van der Waals surface area contributed by atoms with Gasteiger partial charge in [-0.05, 0) is 50.9 Å². The highest BCUT2D eigenvalue weighted by atomic mass is 14.3. The molecule has 2 aliphatic rings. The first kappa shape index (κ1) is 9.05. The highest BCUT2D eigenvalue weighted by molar-refractivity contribution is 5.16. The Hall–Kier alpha value is -0.520. The summed E-state index contributed by atoms with van der Waals surface area (Å²) in [5.41, 5.74) is 3.32. The van der Waals surface area contributed by atoms with Crippen LogP contribution < -0.4 is 0 Å². The van der Waals surface area contributed by atoms with Crippen LogP contribution in [0.2, 0.25) is 0 Å². The molecule has 0 aromatic heterocycles. The van der Waals surface area contributed by atoms with Gasteiger partial charge in [-0.25, -0.2) is 0 Å². The number of allylic oxidation sites excluding steroid dienone is 4. The Bertz CT molecular complexity index is 245. The van der Waals surface area contributed by atoms with E-state index >= 15 is 0 Å². The van der Waals surface area contributed by atoms with Crippen LogP contribution in [-0.2, 0) is 0 Å².